The second-order valence-electron chi connectivity index (χ2n) is 6.24. The molecule has 0 aliphatic rings. The molecule has 0 saturated carbocycles. The fourth-order valence-corrected chi connectivity index (χ4v) is 3.09. The van der Waals surface area contributed by atoms with Gasteiger partial charge in [-0.25, -0.2) is 0 Å². The van der Waals surface area contributed by atoms with Crippen LogP contribution in [0, 0.1) is 5.41 Å². The highest BCUT2D eigenvalue weighted by atomic mass is 16.5. The van der Waals surface area contributed by atoms with Crippen LogP contribution < -0.4 is 0 Å². The summed E-state index contributed by atoms with van der Waals surface area (Å²) in [6, 6.07) is 10.7. The minimum absolute atomic E-state index is 0.00780. The lowest BCUT2D eigenvalue weighted by molar-refractivity contribution is -0.0427. The van der Waals surface area contributed by atoms with Gasteiger partial charge in [-0.2, -0.15) is 0 Å². The molecule has 0 aliphatic carbocycles. The summed E-state index contributed by atoms with van der Waals surface area (Å²) in [6.07, 6.45) is 3.51. The van der Waals surface area contributed by atoms with E-state index in [1.54, 1.807) is 14.2 Å². The number of unbranched alkanes of at least 4 members (excludes halogenated alkanes) is 1. The van der Waals surface area contributed by atoms with Crippen LogP contribution in [-0.4, -0.2) is 27.4 Å². The average molecular weight is 278 g/mol. The van der Waals surface area contributed by atoms with Crippen molar-refractivity contribution in [1.82, 2.24) is 0 Å². The highest BCUT2D eigenvalue weighted by Gasteiger charge is 2.45. The van der Waals surface area contributed by atoms with E-state index in [9.17, 15) is 0 Å². The van der Waals surface area contributed by atoms with Crippen molar-refractivity contribution < 1.29 is 9.47 Å². The van der Waals surface area contributed by atoms with Crippen LogP contribution in [0.15, 0.2) is 30.3 Å². The summed E-state index contributed by atoms with van der Waals surface area (Å²) in [4.78, 5) is 0. The Balaban J connectivity index is 3.17. The Morgan fingerprint density at radius 1 is 0.950 bits per heavy atom. The fourth-order valence-electron chi connectivity index (χ4n) is 3.09. The van der Waals surface area contributed by atoms with Crippen molar-refractivity contribution in [3.63, 3.8) is 0 Å². The van der Waals surface area contributed by atoms with E-state index in [0.29, 0.717) is 0 Å². The topological polar surface area (TPSA) is 18.5 Å². The lowest BCUT2D eigenvalue weighted by Gasteiger charge is -2.47. The molecule has 2 nitrogen and oxygen atoms in total. The van der Waals surface area contributed by atoms with E-state index in [-0.39, 0.29) is 10.8 Å². The highest BCUT2D eigenvalue weighted by molar-refractivity contribution is 5.27. The normalized spacial score (nSPS) is 12.7. The van der Waals surface area contributed by atoms with E-state index in [2.05, 4.69) is 51.1 Å². The monoisotopic (exact) mass is 278 g/mol. The van der Waals surface area contributed by atoms with Gasteiger partial charge >= 0.3 is 0 Å². The predicted octanol–water partition coefficient (Wildman–Crippen LogP) is 4.43. The Labute approximate surface area is 124 Å². The molecule has 114 valence electrons. The molecule has 0 spiro atoms. The molecule has 20 heavy (non-hydrogen) atoms. The molecule has 1 rings (SSSR count). The third-order valence-electron chi connectivity index (χ3n) is 4.67. The Hall–Kier alpha value is -0.860. The number of benzene rings is 1. The molecule has 0 aromatic heterocycles. The number of rotatable bonds is 9. The van der Waals surface area contributed by atoms with Gasteiger partial charge < -0.3 is 9.47 Å². The minimum atomic E-state index is 0.00780. The van der Waals surface area contributed by atoms with Gasteiger partial charge in [0.2, 0.25) is 0 Å². The maximum Gasteiger partial charge on any atom is 0.0549 e. The van der Waals surface area contributed by atoms with E-state index in [1.807, 2.05) is 0 Å². The summed E-state index contributed by atoms with van der Waals surface area (Å²) < 4.78 is 11.2. The van der Waals surface area contributed by atoms with E-state index in [0.717, 1.165) is 19.6 Å². The zero-order chi connectivity index (χ0) is 15.1. The van der Waals surface area contributed by atoms with Crippen LogP contribution in [0.25, 0.3) is 0 Å². The number of hydrogen-bond acceptors (Lipinski definition) is 2. The Bertz CT molecular complexity index is 364. The zero-order valence-electron chi connectivity index (χ0n) is 13.7. The van der Waals surface area contributed by atoms with Crippen molar-refractivity contribution in [2.75, 3.05) is 27.4 Å². The third kappa shape index (κ3) is 3.62. The molecule has 0 aliphatic heterocycles. The molecule has 0 N–H and O–H groups in total. The van der Waals surface area contributed by atoms with Gasteiger partial charge in [-0.05, 0) is 17.4 Å². The van der Waals surface area contributed by atoms with Crippen LogP contribution in [0.5, 0.6) is 0 Å². The van der Waals surface area contributed by atoms with Gasteiger partial charge in [0.15, 0.2) is 0 Å². The van der Waals surface area contributed by atoms with Crippen molar-refractivity contribution in [3.8, 4) is 0 Å². The second-order valence-corrected chi connectivity index (χ2v) is 6.24. The van der Waals surface area contributed by atoms with E-state index < -0.39 is 0 Å². The molecule has 0 amide bonds. The summed E-state index contributed by atoms with van der Waals surface area (Å²) >= 11 is 0. The lowest BCUT2D eigenvalue weighted by Crippen LogP contribution is -2.48. The largest absolute Gasteiger partial charge is 0.384 e. The second kappa shape index (κ2) is 7.80. The quantitative estimate of drug-likeness (QED) is 0.665. The van der Waals surface area contributed by atoms with Crippen LogP contribution in [-0.2, 0) is 14.9 Å². The summed E-state index contributed by atoms with van der Waals surface area (Å²) in [6.45, 7) is 8.32. The molecule has 1 aromatic rings. The van der Waals surface area contributed by atoms with Gasteiger partial charge in [0.1, 0.15) is 0 Å². The molecule has 0 fully saturated rings. The standard InChI is InChI=1S/C18H30O2/c1-6-7-13-18(14-19-4,15-20-5)17(2,3)16-11-9-8-10-12-16/h8-12H,6-7,13-15H2,1-5H3. The van der Waals surface area contributed by atoms with E-state index in [4.69, 9.17) is 9.47 Å². The SMILES string of the molecule is CCCCC(COC)(COC)C(C)(C)c1ccccc1. The van der Waals surface area contributed by atoms with Crippen LogP contribution in [0.2, 0.25) is 0 Å². The highest BCUT2D eigenvalue weighted by Crippen LogP contribution is 2.45. The third-order valence-corrected chi connectivity index (χ3v) is 4.67. The van der Waals surface area contributed by atoms with Crippen molar-refractivity contribution >= 4 is 0 Å². The first kappa shape index (κ1) is 17.2. The number of ether oxygens (including phenoxy) is 2. The molecule has 0 unspecified atom stereocenters. The number of hydrogen-bond donors (Lipinski definition) is 0. The van der Waals surface area contributed by atoms with Crippen LogP contribution in [0.4, 0.5) is 0 Å². The van der Waals surface area contributed by atoms with Gasteiger partial charge in [-0.1, -0.05) is 63.9 Å². The molecule has 2 heteroatoms. The summed E-state index contributed by atoms with van der Waals surface area (Å²) in [5.74, 6) is 0. The van der Waals surface area contributed by atoms with Crippen molar-refractivity contribution in [3.05, 3.63) is 35.9 Å². The Morgan fingerprint density at radius 2 is 1.50 bits per heavy atom. The Kier molecular flexibility index (Phi) is 6.70. The van der Waals surface area contributed by atoms with E-state index in [1.165, 1.54) is 18.4 Å². The van der Waals surface area contributed by atoms with Gasteiger partial charge in [0.05, 0.1) is 13.2 Å². The molecule has 1 aromatic carbocycles. The van der Waals surface area contributed by atoms with Crippen molar-refractivity contribution in [2.45, 2.75) is 45.4 Å². The van der Waals surface area contributed by atoms with Gasteiger partial charge in [0, 0.05) is 19.6 Å². The Morgan fingerprint density at radius 3 is 1.95 bits per heavy atom. The fraction of sp³-hybridized carbons (Fsp3) is 0.667. The van der Waals surface area contributed by atoms with Crippen LogP contribution in [0.1, 0.15) is 45.6 Å². The molecule has 0 saturated heterocycles. The number of methoxy groups -OCH3 is 2. The first-order valence-electron chi connectivity index (χ1n) is 7.57. The molecule has 0 bridgehead atoms. The van der Waals surface area contributed by atoms with Gasteiger partial charge in [0.25, 0.3) is 0 Å². The lowest BCUT2D eigenvalue weighted by atomic mass is 9.60. The molecule has 0 radical (unpaired) electrons. The minimum Gasteiger partial charge on any atom is -0.384 e. The van der Waals surface area contributed by atoms with Crippen LogP contribution in [0.3, 0.4) is 0 Å². The van der Waals surface area contributed by atoms with Gasteiger partial charge in [-0.15, -0.1) is 0 Å². The first-order chi connectivity index (χ1) is 9.54. The van der Waals surface area contributed by atoms with Crippen LogP contribution >= 0.6 is 0 Å². The molecular formula is C18H30O2. The predicted molar refractivity (Wildman–Crippen MR) is 85.2 cm³/mol. The molecule has 0 heterocycles. The zero-order valence-corrected chi connectivity index (χ0v) is 13.7. The van der Waals surface area contributed by atoms with E-state index >= 15 is 0 Å². The summed E-state index contributed by atoms with van der Waals surface area (Å²) in [5, 5.41) is 0. The van der Waals surface area contributed by atoms with Crippen molar-refractivity contribution in [1.29, 1.82) is 0 Å². The smallest absolute Gasteiger partial charge is 0.0549 e. The maximum absolute atomic E-state index is 5.58. The average Bonchev–Trinajstić information content (AvgIpc) is 2.46. The van der Waals surface area contributed by atoms with Crippen molar-refractivity contribution in [2.24, 2.45) is 5.41 Å². The summed E-state index contributed by atoms with van der Waals surface area (Å²) in [5.41, 5.74) is 1.37. The first-order valence-corrected chi connectivity index (χ1v) is 7.57. The maximum atomic E-state index is 5.58. The molecule has 0 atom stereocenters. The summed E-state index contributed by atoms with van der Waals surface area (Å²) in [7, 11) is 3.58. The van der Waals surface area contributed by atoms with Gasteiger partial charge in [-0.3, -0.25) is 0 Å². The molecular weight excluding hydrogens is 248 g/mol.